The molecule has 0 atom stereocenters. The number of carbonyl (C=O) groups excluding carboxylic acids is 1. The molecule has 16 heavy (non-hydrogen) atoms. The van der Waals surface area contributed by atoms with Gasteiger partial charge in [0.15, 0.2) is 5.12 Å². The highest BCUT2D eigenvalue weighted by atomic mass is 35.5. The van der Waals surface area contributed by atoms with Crippen molar-refractivity contribution < 1.29 is 18.0 Å². The molecule has 0 saturated carbocycles. The summed E-state index contributed by atoms with van der Waals surface area (Å²) < 4.78 is 37.2. The highest BCUT2D eigenvalue weighted by Crippen LogP contribution is 2.32. The number of rotatable bonds is 2. The van der Waals surface area contributed by atoms with Gasteiger partial charge in [0.25, 0.3) is 0 Å². The first-order valence-corrected chi connectivity index (χ1v) is 5.65. The lowest BCUT2D eigenvalue weighted by molar-refractivity contribution is -0.137. The summed E-state index contributed by atoms with van der Waals surface area (Å²) in [5, 5.41) is -0.123. The predicted molar refractivity (Wildman–Crippen MR) is 58.4 cm³/mol. The van der Waals surface area contributed by atoms with Crippen LogP contribution in [-0.4, -0.2) is 5.12 Å². The molecule has 0 bridgehead atoms. The number of carbonyl (C=O) groups is 1. The van der Waals surface area contributed by atoms with Crippen LogP contribution in [0.1, 0.15) is 18.1 Å². The number of thioether (sulfide) groups is 1. The normalized spacial score (nSPS) is 11.6. The number of halogens is 4. The molecule has 0 N–H and O–H groups in total. The average molecular weight is 269 g/mol. The van der Waals surface area contributed by atoms with Crippen LogP contribution in [0.4, 0.5) is 13.2 Å². The number of benzene rings is 1. The average Bonchev–Trinajstić information content (AvgIpc) is 2.12. The maximum atomic E-state index is 12.4. The van der Waals surface area contributed by atoms with Crippen molar-refractivity contribution in [2.24, 2.45) is 0 Å². The molecule has 1 nitrogen and oxygen atoms in total. The van der Waals surface area contributed by atoms with Crippen molar-refractivity contribution >= 4 is 28.5 Å². The fourth-order valence-corrected chi connectivity index (χ4v) is 1.88. The first-order chi connectivity index (χ1) is 7.29. The molecule has 0 aliphatic rings. The van der Waals surface area contributed by atoms with E-state index in [4.69, 9.17) is 11.6 Å². The smallest absolute Gasteiger partial charge is 0.288 e. The molecule has 0 amide bonds. The Labute approximate surface area is 100.0 Å². The lowest BCUT2D eigenvalue weighted by Gasteiger charge is -2.09. The molecule has 0 spiro atoms. The van der Waals surface area contributed by atoms with Gasteiger partial charge in [-0.2, -0.15) is 13.2 Å². The molecule has 6 heteroatoms. The van der Waals surface area contributed by atoms with Gasteiger partial charge in [-0.3, -0.25) is 4.79 Å². The van der Waals surface area contributed by atoms with Crippen molar-refractivity contribution in [1.82, 2.24) is 0 Å². The molecule has 0 aliphatic heterocycles. The van der Waals surface area contributed by atoms with E-state index in [9.17, 15) is 18.0 Å². The Morgan fingerprint density at radius 2 is 2.00 bits per heavy atom. The Kier molecular flexibility index (Phi) is 4.27. The van der Waals surface area contributed by atoms with E-state index in [1.165, 1.54) is 13.0 Å². The van der Waals surface area contributed by atoms with E-state index in [1.807, 2.05) is 0 Å². The lowest BCUT2D eigenvalue weighted by Crippen LogP contribution is -2.05. The van der Waals surface area contributed by atoms with E-state index in [1.54, 1.807) is 0 Å². The molecule has 0 aromatic heterocycles. The number of hydrogen-bond donors (Lipinski definition) is 0. The summed E-state index contributed by atoms with van der Waals surface area (Å²) in [7, 11) is 0. The van der Waals surface area contributed by atoms with Crippen LogP contribution >= 0.6 is 23.4 Å². The monoisotopic (exact) mass is 268 g/mol. The number of hydrogen-bond acceptors (Lipinski definition) is 2. The summed E-state index contributed by atoms with van der Waals surface area (Å²) in [6, 6.07) is 3.29. The Morgan fingerprint density at radius 1 is 1.38 bits per heavy atom. The van der Waals surface area contributed by atoms with Crippen LogP contribution in [0, 0.1) is 0 Å². The van der Waals surface area contributed by atoms with Crippen molar-refractivity contribution in [2.75, 3.05) is 0 Å². The van der Waals surface area contributed by atoms with Gasteiger partial charge in [0, 0.05) is 17.7 Å². The highest BCUT2D eigenvalue weighted by molar-refractivity contribution is 8.12. The third-order valence-electron chi connectivity index (χ3n) is 1.73. The fraction of sp³-hybridized carbons (Fsp3) is 0.300. The van der Waals surface area contributed by atoms with Crippen LogP contribution in [0.3, 0.4) is 0 Å². The van der Waals surface area contributed by atoms with Gasteiger partial charge >= 0.3 is 6.18 Å². The second-order valence-electron chi connectivity index (χ2n) is 3.13. The maximum Gasteiger partial charge on any atom is 0.416 e. The fourth-order valence-electron chi connectivity index (χ4n) is 1.08. The predicted octanol–water partition coefficient (Wildman–Crippen LogP) is 4.14. The van der Waals surface area contributed by atoms with Crippen molar-refractivity contribution in [3.05, 3.63) is 34.3 Å². The van der Waals surface area contributed by atoms with Crippen molar-refractivity contribution in [3.8, 4) is 0 Å². The topological polar surface area (TPSA) is 17.1 Å². The van der Waals surface area contributed by atoms with Crippen molar-refractivity contribution in [3.63, 3.8) is 0 Å². The zero-order valence-corrected chi connectivity index (χ0v) is 9.84. The largest absolute Gasteiger partial charge is 0.416 e. The van der Waals surface area contributed by atoms with Gasteiger partial charge < -0.3 is 0 Å². The second kappa shape index (κ2) is 5.10. The van der Waals surface area contributed by atoms with Crippen LogP contribution in [-0.2, 0) is 16.7 Å². The SMILES string of the molecule is CC(=O)SCc1cc(Cl)cc(C(F)(F)F)c1. The highest BCUT2D eigenvalue weighted by Gasteiger charge is 2.31. The van der Waals surface area contributed by atoms with Gasteiger partial charge in [0.1, 0.15) is 0 Å². The second-order valence-corrected chi connectivity index (χ2v) is 4.71. The molecule has 1 rings (SSSR count). The Bertz CT molecular complexity index is 404. The minimum absolute atomic E-state index is 0.0222. The Balaban J connectivity index is 2.94. The lowest BCUT2D eigenvalue weighted by atomic mass is 10.1. The van der Waals surface area contributed by atoms with Crippen LogP contribution in [0.2, 0.25) is 5.02 Å². The first-order valence-electron chi connectivity index (χ1n) is 4.29. The molecule has 0 unspecified atom stereocenters. The molecule has 88 valence electrons. The van der Waals surface area contributed by atoms with E-state index >= 15 is 0 Å². The van der Waals surface area contributed by atoms with Crippen LogP contribution < -0.4 is 0 Å². The maximum absolute atomic E-state index is 12.4. The summed E-state index contributed by atoms with van der Waals surface area (Å²) in [5.74, 6) is 0.193. The van der Waals surface area contributed by atoms with Gasteiger partial charge in [0.05, 0.1) is 5.56 Å². The summed E-state index contributed by atoms with van der Waals surface area (Å²) in [4.78, 5) is 10.7. The summed E-state index contributed by atoms with van der Waals surface area (Å²) in [5.41, 5.74) is -0.404. The third kappa shape index (κ3) is 4.06. The molecule has 1 aromatic carbocycles. The Morgan fingerprint density at radius 3 is 2.50 bits per heavy atom. The zero-order valence-electron chi connectivity index (χ0n) is 8.27. The van der Waals surface area contributed by atoms with Crippen molar-refractivity contribution in [2.45, 2.75) is 18.9 Å². The standard InChI is InChI=1S/C10H8ClF3OS/c1-6(15)16-5-7-2-8(10(12,13)14)4-9(11)3-7/h2-4H,5H2,1H3. The molecule has 0 radical (unpaired) electrons. The number of alkyl halides is 3. The van der Waals surface area contributed by atoms with E-state index < -0.39 is 11.7 Å². The molecule has 0 saturated heterocycles. The minimum Gasteiger partial charge on any atom is -0.288 e. The summed E-state index contributed by atoms with van der Waals surface area (Å²) in [6.45, 7) is 1.36. The molecular formula is C10H8ClF3OS. The van der Waals surface area contributed by atoms with Crippen molar-refractivity contribution in [1.29, 1.82) is 0 Å². The molecule has 0 heterocycles. The summed E-state index contributed by atoms with van der Waals surface area (Å²) >= 11 is 6.52. The minimum atomic E-state index is -4.42. The van der Waals surface area contributed by atoms with Gasteiger partial charge in [-0.1, -0.05) is 23.4 Å². The van der Waals surface area contributed by atoms with Gasteiger partial charge in [-0.05, 0) is 23.8 Å². The third-order valence-corrected chi connectivity index (χ3v) is 2.83. The molecule has 1 aromatic rings. The van der Waals surface area contributed by atoms with Crippen LogP contribution in [0.5, 0.6) is 0 Å². The van der Waals surface area contributed by atoms with Crippen LogP contribution in [0.15, 0.2) is 18.2 Å². The first kappa shape index (κ1) is 13.4. The van der Waals surface area contributed by atoms with Gasteiger partial charge in [-0.15, -0.1) is 0 Å². The van der Waals surface area contributed by atoms with E-state index in [-0.39, 0.29) is 15.9 Å². The van der Waals surface area contributed by atoms with Gasteiger partial charge in [-0.25, -0.2) is 0 Å². The van der Waals surface area contributed by atoms with Gasteiger partial charge in [0.2, 0.25) is 0 Å². The van der Waals surface area contributed by atoms with E-state index in [0.29, 0.717) is 5.56 Å². The summed E-state index contributed by atoms with van der Waals surface area (Å²) in [6.07, 6.45) is -4.42. The van der Waals surface area contributed by atoms with Crippen LogP contribution in [0.25, 0.3) is 0 Å². The zero-order chi connectivity index (χ0) is 12.3. The molecular weight excluding hydrogens is 261 g/mol. The molecule has 0 fully saturated rings. The Hall–Kier alpha value is -0.680. The quantitative estimate of drug-likeness (QED) is 0.802. The van der Waals surface area contributed by atoms with E-state index in [0.717, 1.165) is 23.9 Å². The van der Waals surface area contributed by atoms with E-state index in [2.05, 4.69) is 0 Å². The molecule has 0 aliphatic carbocycles.